The zero-order valence-corrected chi connectivity index (χ0v) is 14.4. The molecule has 0 atom stereocenters. The summed E-state index contributed by atoms with van der Waals surface area (Å²) in [7, 11) is 0. The fourth-order valence-corrected chi connectivity index (χ4v) is 2.80. The molecule has 27 heavy (non-hydrogen) atoms. The molecule has 3 aromatic heterocycles. The molecule has 3 heterocycles. The van der Waals surface area contributed by atoms with Gasteiger partial charge in [-0.15, -0.1) is 0 Å². The van der Waals surface area contributed by atoms with Gasteiger partial charge in [0.25, 0.3) is 0 Å². The minimum atomic E-state index is 0.0475. The van der Waals surface area contributed by atoms with Crippen LogP contribution >= 0.6 is 0 Å². The number of furan rings is 1. The maximum atomic E-state index is 9.25. The van der Waals surface area contributed by atoms with Gasteiger partial charge in [0.2, 0.25) is 0 Å². The highest BCUT2D eigenvalue weighted by Gasteiger charge is 2.11. The van der Waals surface area contributed by atoms with E-state index >= 15 is 0 Å². The van der Waals surface area contributed by atoms with E-state index in [2.05, 4.69) is 16.2 Å². The molecule has 4 aromatic rings. The number of hydrogen-bond donors (Lipinski definition) is 1. The van der Waals surface area contributed by atoms with E-state index in [9.17, 15) is 5.26 Å². The third-order valence-corrected chi connectivity index (χ3v) is 4.12. The predicted molar refractivity (Wildman–Crippen MR) is 97.8 cm³/mol. The summed E-state index contributed by atoms with van der Waals surface area (Å²) in [4.78, 5) is 4.08. The number of pyridine rings is 1. The van der Waals surface area contributed by atoms with Gasteiger partial charge in [0.05, 0.1) is 30.5 Å². The van der Waals surface area contributed by atoms with Crippen molar-refractivity contribution in [2.75, 3.05) is 6.61 Å². The Kier molecular flexibility index (Phi) is 4.56. The first kappa shape index (κ1) is 16.8. The first-order valence-corrected chi connectivity index (χ1v) is 8.40. The zero-order chi connectivity index (χ0) is 18.6. The van der Waals surface area contributed by atoms with Gasteiger partial charge in [-0.3, -0.25) is 9.67 Å². The number of fused-ring (bicyclic) bond motifs is 1. The summed E-state index contributed by atoms with van der Waals surface area (Å²) < 4.78 is 13.4. The van der Waals surface area contributed by atoms with E-state index < -0.39 is 0 Å². The Morgan fingerprint density at radius 2 is 2.15 bits per heavy atom. The van der Waals surface area contributed by atoms with E-state index in [1.807, 2.05) is 30.5 Å². The van der Waals surface area contributed by atoms with Gasteiger partial charge in [0, 0.05) is 29.5 Å². The Morgan fingerprint density at radius 1 is 1.22 bits per heavy atom. The van der Waals surface area contributed by atoms with Crippen molar-refractivity contribution in [3.8, 4) is 23.1 Å². The molecule has 0 amide bonds. The van der Waals surface area contributed by atoms with Gasteiger partial charge in [0.1, 0.15) is 29.8 Å². The highest BCUT2D eigenvalue weighted by atomic mass is 16.5. The van der Waals surface area contributed by atoms with Crippen LogP contribution in [0.25, 0.3) is 22.3 Å². The lowest BCUT2D eigenvalue weighted by Gasteiger charge is -2.04. The largest absolute Gasteiger partial charge is 0.489 e. The Morgan fingerprint density at radius 3 is 3.00 bits per heavy atom. The summed E-state index contributed by atoms with van der Waals surface area (Å²) in [6.07, 6.45) is 6.77. The molecule has 7 heteroatoms. The second kappa shape index (κ2) is 7.32. The standard InChI is InChI=1S/C20H16N4O3/c21-9-15-3-4-22-11-18(15)20-8-16-7-17(1-2-19(16)27-20)26-13-14-10-23-24(12-14)5-6-25/h1-4,7-8,10-12,25H,5-6,13H2. The van der Waals surface area contributed by atoms with E-state index in [1.165, 1.54) is 0 Å². The fourth-order valence-electron chi connectivity index (χ4n) is 2.80. The predicted octanol–water partition coefficient (Wildman–Crippen LogP) is 3.13. The van der Waals surface area contributed by atoms with Crippen molar-refractivity contribution >= 4 is 11.0 Å². The van der Waals surface area contributed by atoms with E-state index in [-0.39, 0.29) is 6.61 Å². The van der Waals surface area contributed by atoms with Crippen LogP contribution < -0.4 is 4.74 Å². The van der Waals surface area contributed by atoms with Crippen molar-refractivity contribution in [2.24, 2.45) is 0 Å². The minimum absolute atomic E-state index is 0.0475. The van der Waals surface area contributed by atoms with Gasteiger partial charge in [-0.25, -0.2) is 0 Å². The van der Waals surface area contributed by atoms with Crippen LogP contribution in [0.5, 0.6) is 5.75 Å². The lowest BCUT2D eigenvalue weighted by atomic mass is 10.1. The number of nitriles is 1. The molecule has 0 aliphatic carbocycles. The highest BCUT2D eigenvalue weighted by molar-refractivity contribution is 5.84. The quantitative estimate of drug-likeness (QED) is 0.567. The van der Waals surface area contributed by atoms with Crippen LogP contribution in [-0.4, -0.2) is 26.5 Å². The highest BCUT2D eigenvalue weighted by Crippen LogP contribution is 2.31. The Bertz CT molecular complexity index is 1120. The third-order valence-electron chi connectivity index (χ3n) is 4.12. The van der Waals surface area contributed by atoms with Crippen LogP contribution in [0.15, 0.2) is 59.5 Å². The molecule has 134 valence electrons. The monoisotopic (exact) mass is 360 g/mol. The van der Waals surface area contributed by atoms with Crippen LogP contribution in [0.3, 0.4) is 0 Å². The zero-order valence-electron chi connectivity index (χ0n) is 14.4. The summed E-state index contributed by atoms with van der Waals surface area (Å²) >= 11 is 0. The molecular formula is C20H16N4O3. The molecule has 0 bridgehead atoms. The number of ether oxygens (including phenoxy) is 1. The van der Waals surface area contributed by atoms with Crippen LogP contribution in [0.1, 0.15) is 11.1 Å². The van der Waals surface area contributed by atoms with E-state index in [4.69, 9.17) is 14.3 Å². The lowest BCUT2D eigenvalue weighted by molar-refractivity contribution is 0.269. The molecule has 0 aliphatic heterocycles. The number of aliphatic hydroxyl groups excluding tert-OH is 1. The molecule has 0 unspecified atom stereocenters. The number of aromatic nitrogens is 3. The molecule has 0 spiro atoms. The number of aliphatic hydroxyl groups is 1. The normalized spacial score (nSPS) is 10.8. The second-order valence-corrected chi connectivity index (χ2v) is 5.97. The minimum Gasteiger partial charge on any atom is -0.489 e. The molecule has 4 rings (SSSR count). The van der Waals surface area contributed by atoms with E-state index in [1.54, 1.807) is 29.3 Å². The van der Waals surface area contributed by atoms with Crippen molar-refractivity contribution in [2.45, 2.75) is 13.2 Å². The van der Waals surface area contributed by atoms with Gasteiger partial charge in [-0.05, 0) is 30.3 Å². The Labute approximate surface area is 155 Å². The summed E-state index contributed by atoms with van der Waals surface area (Å²) in [5, 5.41) is 23.2. The van der Waals surface area contributed by atoms with Crippen molar-refractivity contribution < 1.29 is 14.3 Å². The molecule has 0 saturated heterocycles. The topological polar surface area (TPSA) is 97.1 Å². The first-order chi connectivity index (χ1) is 13.3. The van der Waals surface area contributed by atoms with E-state index in [0.29, 0.717) is 41.4 Å². The Hall–Kier alpha value is -3.63. The van der Waals surface area contributed by atoms with Crippen LogP contribution in [-0.2, 0) is 13.2 Å². The maximum Gasteiger partial charge on any atom is 0.138 e. The summed E-state index contributed by atoms with van der Waals surface area (Å²) in [5.74, 6) is 1.30. The summed E-state index contributed by atoms with van der Waals surface area (Å²) in [6.45, 7) is 0.886. The van der Waals surface area contributed by atoms with Crippen molar-refractivity contribution in [3.63, 3.8) is 0 Å². The van der Waals surface area contributed by atoms with Crippen molar-refractivity contribution in [3.05, 3.63) is 66.2 Å². The van der Waals surface area contributed by atoms with Crippen LogP contribution in [0.4, 0.5) is 0 Å². The molecule has 0 saturated carbocycles. The first-order valence-electron chi connectivity index (χ1n) is 8.40. The van der Waals surface area contributed by atoms with E-state index in [0.717, 1.165) is 10.9 Å². The molecule has 1 aromatic carbocycles. The third kappa shape index (κ3) is 3.52. The maximum absolute atomic E-state index is 9.25. The fraction of sp³-hybridized carbons (Fsp3) is 0.150. The molecule has 1 N–H and O–H groups in total. The Balaban J connectivity index is 1.55. The number of rotatable bonds is 6. The van der Waals surface area contributed by atoms with Crippen molar-refractivity contribution in [1.29, 1.82) is 5.26 Å². The van der Waals surface area contributed by atoms with Gasteiger partial charge >= 0.3 is 0 Å². The molecule has 0 fully saturated rings. The second-order valence-electron chi connectivity index (χ2n) is 5.97. The van der Waals surface area contributed by atoms with Gasteiger partial charge in [-0.1, -0.05) is 0 Å². The molecular weight excluding hydrogens is 344 g/mol. The number of benzene rings is 1. The smallest absolute Gasteiger partial charge is 0.138 e. The number of hydrogen-bond acceptors (Lipinski definition) is 6. The molecule has 0 aliphatic rings. The average molecular weight is 360 g/mol. The SMILES string of the molecule is N#Cc1ccncc1-c1cc2cc(OCc3cnn(CCO)c3)ccc2o1. The lowest BCUT2D eigenvalue weighted by Crippen LogP contribution is -2.01. The van der Waals surface area contributed by atoms with Gasteiger partial charge in [0.15, 0.2) is 0 Å². The molecule has 7 nitrogen and oxygen atoms in total. The van der Waals surface area contributed by atoms with Gasteiger partial charge < -0.3 is 14.3 Å². The van der Waals surface area contributed by atoms with Crippen molar-refractivity contribution in [1.82, 2.24) is 14.8 Å². The summed E-state index contributed by atoms with van der Waals surface area (Å²) in [6, 6.07) is 11.3. The average Bonchev–Trinajstić information content (AvgIpc) is 3.32. The summed E-state index contributed by atoms with van der Waals surface area (Å²) in [5.41, 5.74) is 2.81. The molecule has 0 radical (unpaired) electrons. The van der Waals surface area contributed by atoms with Crippen LogP contribution in [0.2, 0.25) is 0 Å². The van der Waals surface area contributed by atoms with Gasteiger partial charge in [-0.2, -0.15) is 10.4 Å². The number of nitrogens with zero attached hydrogens (tertiary/aromatic N) is 4. The van der Waals surface area contributed by atoms with Crippen LogP contribution in [0, 0.1) is 11.3 Å².